The zero-order chi connectivity index (χ0) is 33.1. The van der Waals surface area contributed by atoms with Crippen LogP contribution in [0.4, 0.5) is 23.2 Å². The number of rotatable bonds is 12. The van der Waals surface area contributed by atoms with E-state index in [0.29, 0.717) is 41.8 Å². The average molecular weight is 654 g/mol. The molecule has 1 unspecified atom stereocenters. The maximum Gasteiger partial charge on any atom is 0.534 e. The minimum Gasteiger partial charge on any atom is -0.485 e. The third-order valence-corrected chi connectivity index (χ3v) is 8.31. The molecule has 1 aliphatic carbocycles. The van der Waals surface area contributed by atoms with Crippen molar-refractivity contribution in [3.05, 3.63) is 76.1 Å². The molecule has 0 saturated heterocycles. The van der Waals surface area contributed by atoms with E-state index in [0.717, 1.165) is 17.2 Å². The zero-order valence-corrected chi connectivity index (χ0v) is 25.4. The van der Waals surface area contributed by atoms with Crippen LogP contribution in [0.3, 0.4) is 0 Å². The molecule has 0 saturated carbocycles. The van der Waals surface area contributed by atoms with Crippen molar-refractivity contribution in [2.75, 3.05) is 5.32 Å². The van der Waals surface area contributed by atoms with Crippen molar-refractivity contribution < 1.29 is 54.3 Å². The van der Waals surface area contributed by atoms with Gasteiger partial charge in [0.15, 0.2) is 11.5 Å². The Morgan fingerprint density at radius 3 is 2.24 bits per heavy atom. The van der Waals surface area contributed by atoms with Crippen molar-refractivity contribution in [2.45, 2.75) is 65.0 Å². The Morgan fingerprint density at radius 2 is 1.64 bits per heavy atom. The molecular formula is C31H31F4NO8S. The van der Waals surface area contributed by atoms with Gasteiger partial charge in [0.1, 0.15) is 29.8 Å². The molecule has 2 N–H and O–H groups in total. The molecule has 0 spiro atoms. The van der Waals surface area contributed by atoms with E-state index in [2.05, 4.69) is 9.50 Å². The summed E-state index contributed by atoms with van der Waals surface area (Å²) in [6.45, 7) is 4.72. The second-order valence-corrected chi connectivity index (χ2v) is 11.9. The van der Waals surface area contributed by atoms with E-state index in [9.17, 15) is 40.7 Å². The monoisotopic (exact) mass is 653 g/mol. The number of halogens is 4. The fraction of sp³-hybridized carbons (Fsp3) is 0.355. The Labute approximate surface area is 257 Å². The number of carboxylic acid groups (broad SMARTS) is 1. The van der Waals surface area contributed by atoms with Crippen LogP contribution in [0.25, 0.3) is 0 Å². The first-order valence-corrected chi connectivity index (χ1v) is 15.5. The molecular weight excluding hydrogens is 622 g/mol. The lowest BCUT2D eigenvalue weighted by Crippen LogP contribution is -2.29. The molecule has 242 valence electrons. The number of ether oxygens (including phenoxy) is 2. The van der Waals surface area contributed by atoms with Crippen LogP contribution in [-0.4, -0.2) is 30.9 Å². The average Bonchev–Trinajstić information content (AvgIpc) is 3.45. The van der Waals surface area contributed by atoms with Gasteiger partial charge in [0.25, 0.3) is 0 Å². The van der Waals surface area contributed by atoms with Gasteiger partial charge in [0.05, 0.1) is 0 Å². The molecule has 45 heavy (non-hydrogen) atoms. The quantitative estimate of drug-likeness (QED) is 0.0942. The van der Waals surface area contributed by atoms with E-state index in [-0.39, 0.29) is 36.5 Å². The summed E-state index contributed by atoms with van der Waals surface area (Å²) in [6.07, 6.45) is 1.94. The van der Waals surface area contributed by atoms with Crippen LogP contribution in [0.2, 0.25) is 0 Å². The van der Waals surface area contributed by atoms with Crippen molar-refractivity contribution in [3.8, 4) is 23.0 Å². The predicted molar refractivity (Wildman–Crippen MR) is 155 cm³/mol. The highest BCUT2D eigenvalue weighted by atomic mass is 32.2. The summed E-state index contributed by atoms with van der Waals surface area (Å²) < 4.78 is 93.4. The summed E-state index contributed by atoms with van der Waals surface area (Å²) in [6, 6.07) is 9.25. The highest BCUT2D eigenvalue weighted by Crippen LogP contribution is 2.46. The third-order valence-electron chi connectivity index (χ3n) is 7.34. The molecule has 0 bridgehead atoms. The van der Waals surface area contributed by atoms with Gasteiger partial charge < -0.3 is 24.1 Å². The largest absolute Gasteiger partial charge is 0.534 e. The maximum absolute atomic E-state index is 13.4. The lowest BCUT2D eigenvalue weighted by atomic mass is 10.0. The number of alkyl halides is 3. The first-order chi connectivity index (χ1) is 21.2. The first kappa shape index (κ1) is 33.6. The van der Waals surface area contributed by atoms with Crippen LogP contribution in [0, 0.1) is 18.7 Å². The number of anilines is 1. The number of amides is 1. The molecule has 1 aliphatic rings. The molecule has 0 aromatic heterocycles. The lowest BCUT2D eigenvalue weighted by Gasteiger charge is -2.22. The summed E-state index contributed by atoms with van der Waals surface area (Å²) in [7, 11) is -6.00. The summed E-state index contributed by atoms with van der Waals surface area (Å²) in [4.78, 5) is 24.2. The minimum atomic E-state index is -6.00. The molecule has 3 aromatic carbocycles. The van der Waals surface area contributed by atoms with Crippen LogP contribution in [-0.2, 0) is 45.6 Å². The minimum absolute atomic E-state index is 0.0110. The Kier molecular flexibility index (Phi) is 9.95. The van der Waals surface area contributed by atoms with Crippen molar-refractivity contribution in [1.82, 2.24) is 0 Å². The molecule has 1 amide bonds. The zero-order valence-electron chi connectivity index (χ0n) is 24.6. The Bertz CT molecular complexity index is 1710. The van der Waals surface area contributed by atoms with Gasteiger partial charge in [-0.15, -0.1) is 0 Å². The Hall–Kier alpha value is -4.33. The number of benzene rings is 3. The SMILES string of the molecule is CCc1c(OS(=O)(=O)C(F)(F)F)ccc(Oc2c(C)cc(NC(=O)C(CC)C(=O)O)c3c2CCC3)c1OCc1ccc(F)cc1. The highest BCUT2D eigenvalue weighted by Gasteiger charge is 2.49. The van der Waals surface area contributed by atoms with Crippen LogP contribution >= 0.6 is 0 Å². The summed E-state index contributed by atoms with van der Waals surface area (Å²) in [5, 5.41) is 12.1. The smallest absolute Gasteiger partial charge is 0.485 e. The number of aryl methyl sites for hydroxylation is 1. The number of carbonyl (C=O) groups is 2. The summed E-state index contributed by atoms with van der Waals surface area (Å²) in [5.74, 6) is -3.82. The van der Waals surface area contributed by atoms with Gasteiger partial charge in [0.2, 0.25) is 5.91 Å². The van der Waals surface area contributed by atoms with Crippen molar-refractivity contribution in [1.29, 1.82) is 0 Å². The van der Waals surface area contributed by atoms with E-state index < -0.39 is 45.0 Å². The number of fused-ring (bicyclic) bond motifs is 1. The maximum atomic E-state index is 13.4. The Balaban J connectivity index is 1.77. The molecule has 4 rings (SSSR count). The van der Waals surface area contributed by atoms with Gasteiger partial charge in [-0.25, -0.2) is 4.39 Å². The number of hydrogen-bond acceptors (Lipinski definition) is 7. The van der Waals surface area contributed by atoms with Crippen LogP contribution in [0.1, 0.15) is 54.5 Å². The van der Waals surface area contributed by atoms with E-state index in [1.807, 2.05) is 0 Å². The number of carboxylic acids is 1. The van der Waals surface area contributed by atoms with Crippen molar-refractivity contribution in [3.63, 3.8) is 0 Å². The van der Waals surface area contributed by atoms with Crippen LogP contribution in [0.5, 0.6) is 23.0 Å². The van der Waals surface area contributed by atoms with Gasteiger partial charge in [-0.3, -0.25) is 9.59 Å². The van der Waals surface area contributed by atoms with Crippen LogP contribution in [0.15, 0.2) is 42.5 Å². The van der Waals surface area contributed by atoms with Crippen molar-refractivity contribution >= 4 is 27.7 Å². The second-order valence-electron chi connectivity index (χ2n) is 10.4. The molecule has 1 atom stereocenters. The predicted octanol–water partition coefficient (Wildman–Crippen LogP) is 6.83. The molecule has 0 fully saturated rings. The van der Waals surface area contributed by atoms with E-state index in [1.165, 1.54) is 30.3 Å². The van der Waals surface area contributed by atoms with Gasteiger partial charge >= 0.3 is 21.6 Å². The summed E-state index contributed by atoms with van der Waals surface area (Å²) in [5.41, 5.74) is -2.64. The highest BCUT2D eigenvalue weighted by molar-refractivity contribution is 7.88. The second kappa shape index (κ2) is 13.3. The molecule has 0 radical (unpaired) electrons. The standard InChI is InChI=1S/C31H31F4NO8S/c1-4-20-25(44-45(40,41)31(33,34)35)13-14-26(28(20)42-16-18-9-11-19(32)12-10-18)43-27-17(3)15-24(22-7-6-8-23(22)27)36-29(37)21(5-2)30(38)39/h9-15,21H,4-8,16H2,1-3H3,(H,36,37)(H,38,39). The van der Waals surface area contributed by atoms with Gasteiger partial charge in [-0.1, -0.05) is 26.0 Å². The molecule has 3 aromatic rings. The number of aliphatic carboxylic acids is 1. The number of carbonyl (C=O) groups excluding carboxylic acids is 1. The molecule has 0 heterocycles. The first-order valence-electron chi connectivity index (χ1n) is 14.1. The van der Waals surface area contributed by atoms with E-state index in [4.69, 9.17) is 9.47 Å². The molecule has 0 aliphatic heterocycles. The van der Waals surface area contributed by atoms with E-state index >= 15 is 0 Å². The van der Waals surface area contributed by atoms with Gasteiger partial charge in [-0.2, -0.15) is 21.6 Å². The fourth-order valence-corrected chi connectivity index (χ4v) is 5.58. The summed E-state index contributed by atoms with van der Waals surface area (Å²) >= 11 is 0. The fourth-order valence-electron chi connectivity index (χ4n) is 5.10. The van der Waals surface area contributed by atoms with Crippen molar-refractivity contribution in [2.24, 2.45) is 5.92 Å². The topological polar surface area (TPSA) is 128 Å². The normalized spacial score (nSPS) is 13.6. The molecule has 9 nitrogen and oxygen atoms in total. The number of nitrogens with one attached hydrogen (secondary N) is 1. The van der Waals surface area contributed by atoms with Gasteiger partial charge in [0, 0.05) is 16.8 Å². The molecule has 14 heteroatoms. The number of hydrogen-bond donors (Lipinski definition) is 2. The van der Waals surface area contributed by atoms with Crippen LogP contribution < -0.4 is 19.0 Å². The Morgan fingerprint density at radius 1 is 1.00 bits per heavy atom. The lowest BCUT2D eigenvalue weighted by molar-refractivity contribution is -0.145. The van der Waals surface area contributed by atoms with Gasteiger partial charge in [-0.05, 0) is 86.1 Å². The van der Waals surface area contributed by atoms with E-state index in [1.54, 1.807) is 26.8 Å². The third kappa shape index (κ3) is 7.32.